The average Bonchev–Trinajstić information content (AvgIpc) is 3.43. The number of carbonyl (C=O) groups excluding carboxylic acids is 1. The highest BCUT2D eigenvalue weighted by Gasteiger charge is 2.47. The molecule has 2 aromatic heterocycles. The molecule has 258 valence electrons. The second kappa shape index (κ2) is 13.7. The summed E-state index contributed by atoms with van der Waals surface area (Å²) in [7, 11) is 4.27. The van der Waals surface area contributed by atoms with Gasteiger partial charge in [-0.15, -0.1) is 11.8 Å². The van der Waals surface area contributed by atoms with Gasteiger partial charge in [0.25, 0.3) is 17.3 Å². The number of nitrogens with zero attached hydrogens (tertiary/aromatic N) is 4. The largest absolute Gasteiger partial charge is 0.448 e. The number of rotatable bonds is 8. The van der Waals surface area contributed by atoms with Crippen molar-refractivity contribution in [1.29, 1.82) is 0 Å². The van der Waals surface area contributed by atoms with Crippen molar-refractivity contribution < 1.29 is 19.0 Å². The first-order chi connectivity index (χ1) is 22.9. The van der Waals surface area contributed by atoms with E-state index in [1.807, 2.05) is 39.2 Å². The summed E-state index contributed by atoms with van der Waals surface area (Å²) in [6, 6.07) is 4.31. The molecule has 2 N–H and O–H groups in total. The summed E-state index contributed by atoms with van der Waals surface area (Å²) in [6.45, 7) is 11.4. The Hall–Kier alpha value is -3.61. The number of benzene rings is 1. The highest BCUT2D eigenvalue weighted by Crippen LogP contribution is 2.52. The summed E-state index contributed by atoms with van der Waals surface area (Å²) >= 11 is 1.48. The molecule has 1 unspecified atom stereocenters. The third kappa shape index (κ3) is 6.79. The number of aryl methyl sites for hydroxylation is 1. The van der Waals surface area contributed by atoms with Gasteiger partial charge in [-0.2, -0.15) is 0 Å². The highest BCUT2D eigenvalue weighted by atomic mass is 32.2. The Morgan fingerprint density at radius 3 is 2.33 bits per heavy atom. The fraction of sp³-hybridized carbons (Fsp3) is 0.556. The number of ether oxygens (including phenoxy) is 3. The number of anilines is 1. The van der Waals surface area contributed by atoms with E-state index in [1.54, 1.807) is 12.4 Å². The number of hydrogen-bond acceptors (Lipinski definition) is 10. The summed E-state index contributed by atoms with van der Waals surface area (Å²) in [5.74, 6) is 0.806. The fourth-order valence-corrected chi connectivity index (χ4v) is 8.09. The number of thioether (sulfide) groups is 1. The molecular formula is C36H48N6O5S. The van der Waals surface area contributed by atoms with Crippen LogP contribution in [-0.2, 0) is 11.3 Å². The van der Waals surface area contributed by atoms with E-state index in [0.717, 1.165) is 41.8 Å². The molecule has 1 amide bonds. The lowest BCUT2D eigenvalue weighted by atomic mass is 9.81. The maximum absolute atomic E-state index is 13.9. The normalized spacial score (nSPS) is 25.4. The Kier molecular flexibility index (Phi) is 9.79. The first kappa shape index (κ1) is 34.3. The Labute approximate surface area is 287 Å². The second-order valence-corrected chi connectivity index (χ2v) is 14.7. The number of aromatic amines is 1. The minimum atomic E-state index is -0.877. The molecule has 1 aromatic carbocycles. The van der Waals surface area contributed by atoms with Crippen molar-refractivity contribution in [2.45, 2.75) is 95.8 Å². The number of aromatic nitrogens is 3. The number of fused-ring (bicyclic) bond motifs is 1. The zero-order valence-corrected chi connectivity index (χ0v) is 30.1. The molecule has 2 fully saturated rings. The zero-order chi connectivity index (χ0) is 34.3. The van der Waals surface area contributed by atoms with E-state index in [-0.39, 0.29) is 36.1 Å². The molecule has 1 aliphatic carbocycles. The van der Waals surface area contributed by atoms with E-state index in [4.69, 9.17) is 24.2 Å². The van der Waals surface area contributed by atoms with Gasteiger partial charge >= 0.3 is 0 Å². The molecular weight excluding hydrogens is 629 g/mol. The lowest BCUT2D eigenvalue weighted by Crippen LogP contribution is -2.46. The van der Waals surface area contributed by atoms with Gasteiger partial charge in [-0.1, -0.05) is 0 Å². The molecule has 0 radical (unpaired) electrons. The third-order valence-electron chi connectivity index (χ3n) is 10.0. The van der Waals surface area contributed by atoms with Crippen LogP contribution >= 0.6 is 11.8 Å². The standard InChI is InChI=1S/C36H48N6O5S/c1-20-13-30(48-8)29(34(44)40-20)17-37-33(43)27-14-28(24-15-38-35(39-16-24)42-18-21(2)45-22(3)19-42)32-31(23(27)4)46-36(5,47-32)25-9-11-26(12-10-25)41(6)7/h13-16,21-22,25-26H,9-12,17-19H2,1-8H3,(H,37,43)(H,40,44)/t21-,22+,25-,26-,36?. The van der Waals surface area contributed by atoms with Crippen LogP contribution in [0.1, 0.15) is 73.6 Å². The number of H-pyrrole nitrogens is 1. The van der Waals surface area contributed by atoms with Gasteiger partial charge in [0.2, 0.25) is 5.95 Å². The first-order valence-corrected chi connectivity index (χ1v) is 18.1. The third-order valence-corrected chi connectivity index (χ3v) is 10.8. The summed E-state index contributed by atoms with van der Waals surface area (Å²) in [6.07, 6.45) is 9.76. The summed E-state index contributed by atoms with van der Waals surface area (Å²) < 4.78 is 19.4. The molecule has 11 nitrogen and oxygen atoms in total. The van der Waals surface area contributed by atoms with Crippen LogP contribution in [0, 0.1) is 19.8 Å². The molecule has 1 saturated carbocycles. The monoisotopic (exact) mass is 676 g/mol. The van der Waals surface area contributed by atoms with Crippen molar-refractivity contribution in [2.24, 2.45) is 5.92 Å². The van der Waals surface area contributed by atoms with E-state index < -0.39 is 5.79 Å². The minimum Gasteiger partial charge on any atom is -0.448 e. The van der Waals surface area contributed by atoms with E-state index in [9.17, 15) is 9.59 Å². The number of pyridine rings is 1. The Morgan fingerprint density at radius 1 is 1.06 bits per heavy atom. The lowest BCUT2D eigenvalue weighted by molar-refractivity contribution is -0.123. The van der Waals surface area contributed by atoms with Gasteiger partial charge in [0.05, 0.1) is 12.2 Å². The number of carbonyl (C=O) groups is 1. The zero-order valence-electron chi connectivity index (χ0n) is 29.3. The number of amides is 1. The predicted octanol–water partition coefficient (Wildman–Crippen LogP) is 5.32. The molecule has 1 saturated heterocycles. The SMILES string of the molecule is CSc1cc(C)[nH]c(=O)c1CNC(=O)c1cc(-c2cnc(N3C[C@@H](C)O[C@@H](C)C3)nc2)c2c(c1C)OC(C)([C@H]1CC[C@H](N(C)C)CC1)O2. The minimum absolute atomic E-state index is 0.0805. The lowest BCUT2D eigenvalue weighted by Gasteiger charge is -2.39. The topological polar surface area (TPSA) is 122 Å². The second-order valence-electron chi connectivity index (χ2n) is 13.9. The summed E-state index contributed by atoms with van der Waals surface area (Å²) in [5.41, 5.74) is 3.65. The number of hydrogen-bond donors (Lipinski definition) is 2. The Morgan fingerprint density at radius 2 is 1.71 bits per heavy atom. The van der Waals surface area contributed by atoms with Gasteiger partial charge in [0.15, 0.2) is 11.5 Å². The average molecular weight is 677 g/mol. The molecule has 48 heavy (non-hydrogen) atoms. The van der Waals surface area contributed by atoms with Gasteiger partial charge in [-0.05, 0) is 85.9 Å². The molecule has 6 rings (SSSR count). The van der Waals surface area contributed by atoms with Crippen LogP contribution in [0.4, 0.5) is 5.95 Å². The van der Waals surface area contributed by atoms with Crippen molar-refractivity contribution in [2.75, 3.05) is 38.3 Å². The van der Waals surface area contributed by atoms with Gasteiger partial charge in [-0.25, -0.2) is 9.97 Å². The predicted molar refractivity (Wildman–Crippen MR) is 188 cm³/mol. The maximum atomic E-state index is 13.9. The van der Waals surface area contributed by atoms with Crippen molar-refractivity contribution in [3.8, 4) is 22.6 Å². The maximum Gasteiger partial charge on any atom is 0.254 e. The molecule has 0 spiro atoms. The Balaban J connectivity index is 1.34. The molecule has 12 heteroatoms. The van der Waals surface area contributed by atoms with E-state index >= 15 is 0 Å². The van der Waals surface area contributed by atoms with Crippen molar-refractivity contribution in [3.05, 3.63) is 57.3 Å². The molecule has 2 aliphatic heterocycles. The van der Waals surface area contributed by atoms with Crippen molar-refractivity contribution in [3.63, 3.8) is 0 Å². The van der Waals surface area contributed by atoms with Gasteiger partial charge in [0.1, 0.15) is 0 Å². The van der Waals surface area contributed by atoms with Crippen LogP contribution in [-0.4, -0.2) is 83.2 Å². The molecule has 3 aliphatic rings. The quantitative estimate of drug-likeness (QED) is 0.303. The van der Waals surface area contributed by atoms with Crippen LogP contribution in [0.3, 0.4) is 0 Å². The van der Waals surface area contributed by atoms with E-state index in [1.165, 1.54) is 11.8 Å². The molecule has 4 heterocycles. The summed E-state index contributed by atoms with van der Waals surface area (Å²) in [4.78, 5) is 44.3. The first-order valence-electron chi connectivity index (χ1n) is 16.9. The van der Waals surface area contributed by atoms with E-state index in [0.29, 0.717) is 58.8 Å². The molecule has 3 atom stereocenters. The van der Waals surface area contributed by atoms with Crippen molar-refractivity contribution in [1.82, 2.24) is 25.2 Å². The van der Waals surface area contributed by atoms with Crippen LogP contribution in [0.15, 0.2) is 34.2 Å². The van der Waals surface area contributed by atoms with Gasteiger partial charge in [0, 0.05) is 89.3 Å². The molecule has 0 bridgehead atoms. The van der Waals surface area contributed by atoms with Gasteiger partial charge < -0.3 is 34.3 Å². The van der Waals surface area contributed by atoms with Crippen LogP contribution in [0.25, 0.3) is 11.1 Å². The highest BCUT2D eigenvalue weighted by molar-refractivity contribution is 7.98. The fourth-order valence-electron chi connectivity index (χ4n) is 7.38. The molecule has 3 aromatic rings. The van der Waals surface area contributed by atoms with Crippen LogP contribution in [0.5, 0.6) is 11.5 Å². The Bertz CT molecular complexity index is 1710. The smallest absolute Gasteiger partial charge is 0.254 e. The summed E-state index contributed by atoms with van der Waals surface area (Å²) in [5, 5.41) is 3.00. The van der Waals surface area contributed by atoms with Crippen molar-refractivity contribution >= 4 is 23.6 Å². The van der Waals surface area contributed by atoms with Gasteiger partial charge in [-0.3, -0.25) is 9.59 Å². The number of morpholine rings is 1. The van der Waals surface area contributed by atoms with Crippen LogP contribution in [0.2, 0.25) is 0 Å². The van der Waals surface area contributed by atoms with E-state index in [2.05, 4.69) is 48.0 Å². The number of nitrogens with one attached hydrogen (secondary N) is 2. The van der Waals surface area contributed by atoms with Crippen LogP contribution < -0.4 is 25.2 Å².